The summed E-state index contributed by atoms with van der Waals surface area (Å²) in [6, 6.07) is 13.4. The van der Waals surface area contributed by atoms with Gasteiger partial charge in [0.05, 0.1) is 4.90 Å². The van der Waals surface area contributed by atoms with E-state index < -0.39 is 28.8 Å². The molecule has 1 heterocycles. The molecule has 0 radical (unpaired) electrons. The zero-order chi connectivity index (χ0) is 25.1. The summed E-state index contributed by atoms with van der Waals surface area (Å²) in [5.74, 6) is 0.333. The molecule has 0 saturated carbocycles. The Labute approximate surface area is 198 Å². The van der Waals surface area contributed by atoms with Crippen LogP contribution in [0.3, 0.4) is 0 Å². The second kappa shape index (κ2) is 10.1. The van der Waals surface area contributed by atoms with Crippen LogP contribution in [0.2, 0.25) is 0 Å². The summed E-state index contributed by atoms with van der Waals surface area (Å²) in [5, 5.41) is 0. The first-order chi connectivity index (χ1) is 15.9. The molecule has 5 nitrogen and oxygen atoms in total. The zero-order valence-electron chi connectivity index (χ0n) is 19.5. The Morgan fingerprint density at radius 1 is 0.941 bits per heavy atom. The summed E-state index contributed by atoms with van der Waals surface area (Å²) < 4.78 is 70.6. The van der Waals surface area contributed by atoms with Crippen molar-refractivity contribution in [3.05, 3.63) is 88.6 Å². The molecule has 0 fully saturated rings. The molecule has 0 aliphatic carbocycles. The molecule has 3 rings (SSSR count). The monoisotopic (exact) mass is 491 g/mol. The highest BCUT2D eigenvalue weighted by molar-refractivity contribution is 7.89. The normalized spacial score (nSPS) is 13.0. The lowest BCUT2D eigenvalue weighted by molar-refractivity contribution is -0.149. The van der Waals surface area contributed by atoms with Crippen LogP contribution in [-0.2, 0) is 16.6 Å². The summed E-state index contributed by atoms with van der Waals surface area (Å²) in [4.78, 5) is 5.56. The highest BCUT2D eigenvalue weighted by atomic mass is 32.2. The number of pyridine rings is 1. The Morgan fingerprint density at radius 2 is 1.56 bits per heavy atom. The van der Waals surface area contributed by atoms with Crippen LogP contribution < -0.4 is 9.62 Å². The van der Waals surface area contributed by atoms with Crippen LogP contribution in [0.4, 0.5) is 19.0 Å². The SMILES string of the molecule is Cc1ccnc(N(Cc2ccccc2)CC(NS(=O)(=O)c2c(C)cc(C)cc2C)C(F)(F)F)c1. The van der Waals surface area contributed by atoms with Gasteiger partial charge in [0.25, 0.3) is 0 Å². The van der Waals surface area contributed by atoms with Crippen molar-refractivity contribution in [3.63, 3.8) is 0 Å². The van der Waals surface area contributed by atoms with E-state index in [0.717, 1.165) is 16.7 Å². The zero-order valence-corrected chi connectivity index (χ0v) is 20.3. The Kier molecular flexibility index (Phi) is 7.67. The number of benzene rings is 2. The third kappa shape index (κ3) is 6.36. The van der Waals surface area contributed by atoms with E-state index >= 15 is 0 Å². The molecule has 0 amide bonds. The smallest absolute Gasteiger partial charge is 0.350 e. The number of nitrogens with zero attached hydrogens (tertiary/aromatic N) is 2. The second-order valence-corrected chi connectivity index (χ2v) is 10.2. The van der Waals surface area contributed by atoms with Crippen LogP contribution in [0.5, 0.6) is 0 Å². The number of rotatable bonds is 8. The minimum atomic E-state index is -4.82. The Bertz CT molecular complexity index is 1220. The van der Waals surface area contributed by atoms with Crippen LogP contribution in [0.15, 0.2) is 65.7 Å². The lowest BCUT2D eigenvalue weighted by Gasteiger charge is -2.30. The van der Waals surface area contributed by atoms with E-state index in [-0.39, 0.29) is 11.4 Å². The lowest BCUT2D eigenvalue weighted by Crippen LogP contribution is -2.52. The topological polar surface area (TPSA) is 62.3 Å². The van der Waals surface area contributed by atoms with E-state index in [2.05, 4.69) is 4.98 Å². The van der Waals surface area contributed by atoms with E-state index in [4.69, 9.17) is 0 Å². The predicted molar refractivity (Wildman–Crippen MR) is 127 cm³/mol. The van der Waals surface area contributed by atoms with Crippen molar-refractivity contribution in [2.75, 3.05) is 11.4 Å². The molecular weight excluding hydrogens is 463 g/mol. The molecule has 0 aliphatic heterocycles. The Hall–Kier alpha value is -2.91. The molecule has 0 spiro atoms. The van der Waals surface area contributed by atoms with Gasteiger partial charge in [-0.25, -0.2) is 13.4 Å². The van der Waals surface area contributed by atoms with Gasteiger partial charge in [-0.1, -0.05) is 48.0 Å². The number of aromatic nitrogens is 1. The maximum absolute atomic E-state index is 14.2. The number of hydrogen-bond acceptors (Lipinski definition) is 4. The predicted octanol–water partition coefficient (Wildman–Crippen LogP) is 5.23. The van der Waals surface area contributed by atoms with E-state index in [1.54, 1.807) is 69.3 Å². The molecule has 0 saturated heterocycles. The van der Waals surface area contributed by atoms with Crippen molar-refractivity contribution in [2.24, 2.45) is 0 Å². The van der Waals surface area contributed by atoms with E-state index in [1.165, 1.54) is 11.1 Å². The fourth-order valence-electron chi connectivity index (χ4n) is 4.00. The maximum Gasteiger partial charge on any atom is 0.406 e. The van der Waals surface area contributed by atoms with Crippen molar-refractivity contribution >= 4 is 15.8 Å². The molecule has 9 heteroatoms. The molecule has 0 aliphatic rings. The van der Waals surface area contributed by atoms with Crippen LogP contribution >= 0.6 is 0 Å². The lowest BCUT2D eigenvalue weighted by atomic mass is 10.1. The van der Waals surface area contributed by atoms with Gasteiger partial charge in [-0.05, 0) is 62.1 Å². The van der Waals surface area contributed by atoms with Crippen LogP contribution in [0, 0.1) is 27.7 Å². The van der Waals surface area contributed by atoms with Crippen molar-refractivity contribution < 1.29 is 21.6 Å². The highest BCUT2D eigenvalue weighted by Crippen LogP contribution is 2.28. The van der Waals surface area contributed by atoms with Gasteiger partial charge in [-0.15, -0.1) is 0 Å². The standard InChI is InChI=1S/C25H28F3N3O2S/c1-17-10-11-29-23(14-17)31(15-21-8-6-5-7-9-21)16-22(25(26,27)28)30-34(32,33)24-19(3)12-18(2)13-20(24)4/h5-14,22,30H,15-16H2,1-4H3. The summed E-state index contributed by atoms with van der Waals surface area (Å²) >= 11 is 0. The van der Waals surface area contributed by atoms with Gasteiger partial charge in [0.15, 0.2) is 0 Å². The fraction of sp³-hybridized carbons (Fsp3) is 0.320. The highest BCUT2D eigenvalue weighted by Gasteiger charge is 2.44. The molecule has 34 heavy (non-hydrogen) atoms. The first-order valence-electron chi connectivity index (χ1n) is 10.8. The van der Waals surface area contributed by atoms with E-state index in [0.29, 0.717) is 16.9 Å². The molecule has 1 N–H and O–H groups in total. The number of nitrogens with one attached hydrogen (secondary N) is 1. The van der Waals surface area contributed by atoms with Crippen molar-refractivity contribution in [1.29, 1.82) is 0 Å². The number of anilines is 1. The van der Waals surface area contributed by atoms with Crippen molar-refractivity contribution in [1.82, 2.24) is 9.71 Å². The first kappa shape index (κ1) is 25.7. The minimum Gasteiger partial charge on any atom is -0.350 e. The van der Waals surface area contributed by atoms with Crippen molar-refractivity contribution in [3.8, 4) is 0 Å². The van der Waals surface area contributed by atoms with E-state index in [1.807, 2.05) is 17.7 Å². The molecule has 1 unspecified atom stereocenters. The van der Waals surface area contributed by atoms with Gasteiger partial charge in [0.2, 0.25) is 10.0 Å². The number of alkyl halides is 3. The molecule has 1 aromatic heterocycles. The van der Waals surface area contributed by atoms with Gasteiger partial charge in [0.1, 0.15) is 11.9 Å². The molecule has 0 bridgehead atoms. The van der Waals surface area contributed by atoms with Crippen LogP contribution in [0.1, 0.15) is 27.8 Å². The maximum atomic E-state index is 14.2. The number of sulfonamides is 1. The minimum absolute atomic E-state index is 0.129. The molecule has 2 aromatic carbocycles. The molecule has 182 valence electrons. The van der Waals surface area contributed by atoms with Crippen molar-refractivity contribution in [2.45, 2.75) is 51.4 Å². The third-order valence-electron chi connectivity index (χ3n) is 5.41. The number of halogens is 3. The molecule has 1 atom stereocenters. The van der Waals surface area contributed by atoms with Gasteiger partial charge in [0, 0.05) is 19.3 Å². The third-order valence-corrected chi connectivity index (χ3v) is 7.19. The average molecular weight is 492 g/mol. The van der Waals surface area contributed by atoms with Crippen LogP contribution in [-0.4, -0.2) is 32.2 Å². The quantitative estimate of drug-likeness (QED) is 0.469. The van der Waals surface area contributed by atoms with E-state index in [9.17, 15) is 21.6 Å². The van der Waals surface area contributed by atoms with Gasteiger partial charge >= 0.3 is 6.18 Å². The summed E-state index contributed by atoms with van der Waals surface area (Å²) in [7, 11) is -4.45. The Balaban J connectivity index is 1.98. The van der Waals surface area contributed by atoms with Gasteiger partial charge < -0.3 is 4.90 Å². The van der Waals surface area contributed by atoms with Gasteiger partial charge in [-0.3, -0.25) is 0 Å². The van der Waals surface area contributed by atoms with Gasteiger partial charge in [-0.2, -0.15) is 17.9 Å². The second-order valence-electron chi connectivity index (χ2n) is 8.50. The largest absolute Gasteiger partial charge is 0.406 e. The summed E-state index contributed by atoms with van der Waals surface area (Å²) in [5.41, 5.74) is 3.23. The number of hydrogen-bond donors (Lipinski definition) is 1. The molecular formula is C25H28F3N3O2S. The fourth-order valence-corrected chi connectivity index (χ4v) is 5.67. The van der Waals surface area contributed by atoms with Crippen LogP contribution in [0.25, 0.3) is 0 Å². The summed E-state index contributed by atoms with van der Waals surface area (Å²) in [6.07, 6.45) is -3.30. The molecule has 3 aromatic rings. The average Bonchev–Trinajstić information content (AvgIpc) is 2.71. The Morgan fingerprint density at radius 3 is 2.12 bits per heavy atom. The summed E-state index contributed by atoms with van der Waals surface area (Å²) in [6.45, 7) is 6.27. The first-order valence-corrected chi connectivity index (χ1v) is 12.2. The number of aryl methyl sites for hydroxylation is 4.